The molecule has 2 fully saturated rings. The van der Waals surface area contributed by atoms with E-state index in [0.717, 1.165) is 24.6 Å². The fourth-order valence-electron chi connectivity index (χ4n) is 3.30. The Morgan fingerprint density at radius 3 is 2.65 bits per heavy atom. The van der Waals surface area contributed by atoms with E-state index in [1.165, 1.54) is 39.1 Å². The summed E-state index contributed by atoms with van der Waals surface area (Å²) in [6.07, 6.45) is 4.97. The van der Waals surface area contributed by atoms with Crippen LogP contribution in [-0.4, -0.2) is 71.6 Å². The van der Waals surface area contributed by atoms with Crippen molar-refractivity contribution < 1.29 is 0 Å². The van der Waals surface area contributed by atoms with Crippen molar-refractivity contribution in [3.05, 3.63) is 18.1 Å². The fraction of sp³-hybridized carbons (Fsp3) is 0.733. The molecule has 2 aliphatic heterocycles. The van der Waals surface area contributed by atoms with Crippen molar-refractivity contribution in [2.24, 2.45) is 0 Å². The Kier molecular flexibility index (Phi) is 4.17. The van der Waals surface area contributed by atoms with Gasteiger partial charge in [-0.1, -0.05) is 6.92 Å². The normalized spacial score (nSPS) is 25.3. The lowest BCUT2D eigenvalue weighted by Crippen LogP contribution is -2.50. The van der Waals surface area contributed by atoms with Gasteiger partial charge >= 0.3 is 0 Å². The van der Waals surface area contributed by atoms with Gasteiger partial charge in [0.05, 0.1) is 11.9 Å². The average Bonchev–Trinajstić information content (AvgIpc) is 2.97. The molecular weight excluding hydrogens is 250 g/mol. The first-order chi connectivity index (χ1) is 9.76. The number of aryl methyl sites for hydroxylation is 1. The Hall–Kier alpha value is -1.20. The van der Waals surface area contributed by atoms with Crippen molar-refractivity contribution in [2.45, 2.75) is 26.3 Å². The molecule has 0 N–H and O–H groups in total. The van der Waals surface area contributed by atoms with Crippen LogP contribution in [0.5, 0.6) is 0 Å². The Balaban J connectivity index is 1.57. The molecular formula is C15H25N5. The molecule has 1 unspecified atom stereocenters. The monoisotopic (exact) mass is 275 g/mol. The Labute approximate surface area is 121 Å². The molecule has 0 aromatic carbocycles. The van der Waals surface area contributed by atoms with Crippen LogP contribution in [0.4, 0.5) is 5.82 Å². The van der Waals surface area contributed by atoms with Crippen molar-refractivity contribution in [1.29, 1.82) is 0 Å². The highest BCUT2D eigenvalue weighted by Crippen LogP contribution is 2.21. The van der Waals surface area contributed by atoms with Crippen molar-refractivity contribution in [3.63, 3.8) is 0 Å². The smallest absolute Gasteiger partial charge is 0.147 e. The number of piperazine rings is 1. The van der Waals surface area contributed by atoms with Crippen LogP contribution in [0, 0.1) is 6.92 Å². The molecule has 20 heavy (non-hydrogen) atoms. The second kappa shape index (κ2) is 6.06. The number of rotatable bonds is 3. The van der Waals surface area contributed by atoms with Gasteiger partial charge in [0.15, 0.2) is 0 Å². The summed E-state index contributed by atoms with van der Waals surface area (Å²) in [5.41, 5.74) is 1.00. The van der Waals surface area contributed by atoms with E-state index in [0.29, 0.717) is 6.04 Å². The van der Waals surface area contributed by atoms with Crippen LogP contribution < -0.4 is 4.90 Å². The van der Waals surface area contributed by atoms with Gasteiger partial charge in [-0.05, 0) is 19.9 Å². The predicted octanol–water partition coefficient (Wildman–Crippen LogP) is 1.00. The van der Waals surface area contributed by atoms with Gasteiger partial charge in [-0.3, -0.25) is 9.88 Å². The first-order valence-electron chi connectivity index (χ1n) is 7.76. The molecule has 2 aliphatic rings. The quantitative estimate of drug-likeness (QED) is 0.822. The Morgan fingerprint density at radius 1 is 1.15 bits per heavy atom. The number of aromatic nitrogens is 2. The summed E-state index contributed by atoms with van der Waals surface area (Å²) in [6, 6.07) is 0.691. The van der Waals surface area contributed by atoms with Crippen LogP contribution >= 0.6 is 0 Å². The molecule has 0 bridgehead atoms. The lowest BCUT2D eigenvalue weighted by Gasteiger charge is -2.37. The van der Waals surface area contributed by atoms with Crippen LogP contribution in [0.25, 0.3) is 0 Å². The highest BCUT2D eigenvalue weighted by atomic mass is 15.3. The minimum atomic E-state index is 0.691. The van der Waals surface area contributed by atoms with Crippen LogP contribution in [-0.2, 0) is 0 Å². The SMILES string of the molecule is CCN1CCN(C2CCN(c3cncc(C)n3)C2)CC1. The van der Waals surface area contributed by atoms with Crippen LogP contribution in [0.3, 0.4) is 0 Å². The zero-order valence-electron chi connectivity index (χ0n) is 12.6. The lowest BCUT2D eigenvalue weighted by molar-refractivity contribution is 0.107. The highest BCUT2D eigenvalue weighted by molar-refractivity contribution is 5.38. The van der Waals surface area contributed by atoms with E-state index >= 15 is 0 Å². The lowest BCUT2D eigenvalue weighted by atomic mass is 10.2. The van der Waals surface area contributed by atoms with Gasteiger partial charge in [-0.15, -0.1) is 0 Å². The molecule has 5 nitrogen and oxygen atoms in total. The van der Waals surface area contributed by atoms with E-state index in [9.17, 15) is 0 Å². The van der Waals surface area contributed by atoms with E-state index in [4.69, 9.17) is 0 Å². The summed E-state index contributed by atoms with van der Waals surface area (Å²) in [4.78, 5) is 16.4. The van der Waals surface area contributed by atoms with E-state index in [1.54, 1.807) is 0 Å². The third-order valence-corrected chi connectivity index (χ3v) is 4.60. The second-order valence-corrected chi connectivity index (χ2v) is 5.88. The molecule has 5 heteroatoms. The highest BCUT2D eigenvalue weighted by Gasteiger charge is 2.30. The van der Waals surface area contributed by atoms with Gasteiger partial charge in [0, 0.05) is 51.5 Å². The van der Waals surface area contributed by atoms with Gasteiger partial charge < -0.3 is 9.80 Å². The van der Waals surface area contributed by atoms with Crippen LogP contribution in [0.15, 0.2) is 12.4 Å². The van der Waals surface area contributed by atoms with Gasteiger partial charge in [-0.2, -0.15) is 0 Å². The zero-order valence-corrected chi connectivity index (χ0v) is 12.6. The molecule has 0 amide bonds. The fourth-order valence-corrected chi connectivity index (χ4v) is 3.30. The first-order valence-corrected chi connectivity index (χ1v) is 7.76. The molecule has 110 valence electrons. The molecule has 2 saturated heterocycles. The summed E-state index contributed by atoms with van der Waals surface area (Å²) < 4.78 is 0. The van der Waals surface area contributed by atoms with Crippen molar-refractivity contribution in [3.8, 4) is 0 Å². The van der Waals surface area contributed by atoms with Gasteiger partial charge in [0.25, 0.3) is 0 Å². The van der Waals surface area contributed by atoms with Gasteiger partial charge in [0.2, 0.25) is 0 Å². The van der Waals surface area contributed by atoms with E-state index in [-0.39, 0.29) is 0 Å². The summed E-state index contributed by atoms with van der Waals surface area (Å²) in [6.45, 7) is 12.5. The van der Waals surface area contributed by atoms with Crippen LogP contribution in [0.1, 0.15) is 19.0 Å². The van der Waals surface area contributed by atoms with Gasteiger partial charge in [0.1, 0.15) is 5.82 Å². The standard InChI is InChI=1S/C15H25N5/c1-3-18-6-8-19(9-7-18)14-4-5-20(12-14)15-11-16-10-13(2)17-15/h10-11,14H,3-9,12H2,1-2H3. The van der Waals surface area contributed by atoms with Crippen molar-refractivity contribution in [2.75, 3.05) is 50.7 Å². The maximum absolute atomic E-state index is 4.60. The van der Waals surface area contributed by atoms with E-state index in [2.05, 4.69) is 31.6 Å². The average molecular weight is 275 g/mol. The molecule has 3 heterocycles. The predicted molar refractivity (Wildman–Crippen MR) is 81.1 cm³/mol. The minimum Gasteiger partial charge on any atom is -0.354 e. The summed E-state index contributed by atoms with van der Waals surface area (Å²) >= 11 is 0. The molecule has 0 aliphatic carbocycles. The number of hydrogen-bond donors (Lipinski definition) is 0. The number of hydrogen-bond acceptors (Lipinski definition) is 5. The topological polar surface area (TPSA) is 35.5 Å². The van der Waals surface area contributed by atoms with Crippen molar-refractivity contribution >= 4 is 5.82 Å². The minimum absolute atomic E-state index is 0.691. The summed E-state index contributed by atoms with van der Waals surface area (Å²) in [5.74, 6) is 1.04. The molecule has 0 saturated carbocycles. The molecule has 0 radical (unpaired) electrons. The molecule has 1 aromatic heterocycles. The number of nitrogens with zero attached hydrogens (tertiary/aromatic N) is 5. The third-order valence-electron chi connectivity index (χ3n) is 4.60. The van der Waals surface area contributed by atoms with E-state index in [1.807, 2.05) is 19.3 Å². The summed E-state index contributed by atoms with van der Waals surface area (Å²) in [5, 5.41) is 0. The Bertz CT molecular complexity index is 442. The number of anilines is 1. The van der Waals surface area contributed by atoms with Gasteiger partial charge in [-0.25, -0.2) is 4.98 Å². The maximum atomic E-state index is 4.60. The molecule has 1 atom stereocenters. The van der Waals surface area contributed by atoms with Crippen molar-refractivity contribution in [1.82, 2.24) is 19.8 Å². The van der Waals surface area contributed by atoms with Crippen LogP contribution in [0.2, 0.25) is 0 Å². The molecule has 3 rings (SSSR count). The summed E-state index contributed by atoms with van der Waals surface area (Å²) in [7, 11) is 0. The third kappa shape index (κ3) is 2.94. The maximum Gasteiger partial charge on any atom is 0.147 e. The molecule has 0 spiro atoms. The Morgan fingerprint density at radius 2 is 1.95 bits per heavy atom. The zero-order chi connectivity index (χ0) is 13.9. The molecule has 1 aromatic rings. The van der Waals surface area contributed by atoms with E-state index < -0.39 is 0 Å². The number of likely N-dealkylation sites (N-methyl/N-ethyl adjacent to an activating group) is 1. The second-order valence-electron chi connectivity index (χ2n) is 5.88. The first kappa shape index (κ1) is 13.8. The largest absolute Gasteiger partial charge is 0.354 e.